The summed E-state index contributed by atoms with van der Waals surface area (Å²) in [5, 5.41) is 7.07. The molecule has 15 heavy (non-hydrogen) atoms. The molecule has 84 valence electrons. The molecule has 2 rings (SSSR count). The molecule has 0 aliphatic carbocycles. The zero-order valence-electron chi connectivity index (χ0n) is 9.08. The number of nitrogens with one attached hydrogen (secondary N) is 1. The third-order valence-corrected chi connectivity index (χ3v) is 2.46. The van der Waals surface area contributed by atoms with Crippen LogP contribution in [-0.4, -0.2) is 31.0 Å². The normalized spacial score (nSPS) is 18.8. The molecule has 2 heterocycles. The molecule has 1 aliphatic heterocycles. The summed E-state index contributed by atoms with van der Waals surface area (Å²) in [5.41, 5.74) is 0.774. The summed E-state index contributed by atoms with van der Waals surface area (Å²) in [5.74, 6) is 0.730. The Balaban J connectivity index is 1.82. The van der Waals surface area contributed by atoms with E-state index < -0.39 is 0 Å². The van der Waals surface area contributed by atoms with E-state index in [9.17, 15) is 0 Å². The summed E-state index contributed by atoms with van der Waals surface area (Å²) in [4.78, 5) is 0. The van der Waals surface area contributed by atoms with Gasteiger partial charge in [-0.15, -0.1) is 0 Å². The van der Waals surface area contributed by atoms with Crippen LogP contribution in [0.15, 0.2) is 10.6 Å². The van der Waals surface area contributed by atoms with Gasteiger partial charge < -0.3 is 19.3 Å². The van der Waals surface area contributed by atoms with Crippen LogP contribution >= 0.6 is 0 Å². The maximum absolute atomic E-state index is 5.72. The number of nitrogens with zero attached hydrogens (tertiary/aromatic N) is 1. The van der Waals surface area contributed by atoms with Crippen LogP contribution in [0.2, 0.25) is 0 Å². The lowest BCUT2D eigenvalue weighted by molar-refractivity contribution is -0.0783. The molecular weight excluding hydrogens is 196 g/mol. The van der Waals surface area contributed by atoms with E-state index in [2.05, 4.69) is 17.4 Å². The minimum atomic E-state index is -0.0413. The summed E-state index contributed by atoms with van der Waals surface area (Å²) in [6.07, 6.45) is 0. The lowest BCUT2D eigenvalue weighted by atomic mass is 10.0. The highest BCUT2D eigenvalue weighted by Gasteiger charge is 2.32. The van der Waals surface area contributed by atoms with Gasteiger partial charge in [-0.2, -0.15) is 0 Å². The third-order valence-electron chi connectivity index (χ3n) is 2.46. The molecule has 1 N–H and O–H groups in total. The highest BCUT2D eigenvalue weighted by molar-refractivity contribution is 5.04. The second-order valence-corrected chi connectivity index (χ2v) is 4.06. The van der Waals surface area contributed by atoms with Crippen LogP contribution in [0.25, 0.3) is 0 Å². The molecule has 0 unspecified atom stereocenters. The fourth-order valence-corrected chi connectivity index (χ4v) is 1.46. The van der Waals surface area contributed by atoms with Crippen LogP contribution in [0.4, 0.5) is 0 Å². The average molecular weight is 212 g/mol. The van der Waals surface area contributed by atoms with Gasteiger partial charge >= 0.3 is 0 Å². The molecule has 1 aromatic rings. The molecule has 1 aliphatic rings. The Morgan fingerprint density at radius 3 is 2.93 bits per heavy atom. The third kappa shape index (κ3) is 2.56. The van der Waals surface area contributed by atoms with Crippen LogP contribution < -0.4 is 5.32 Å². The molecule has 0 aromatic carbocycles. The molecule has 1 aromatic heterocycles. The van der Waals surface area contributed by atoms with E-state index in [-0.39, 0.29) is 5.60 Å². The van der Waals surface area contributed by atoms with Gasteiger partial charge in [-0.3, -0.25) is 0 Å². The van der Waals surface area contributed by atoms with Gasteiger partial charge in [0.1, 0.15) is 12.3 Å². The van der Waals surface area contributed by atoms with Crippen LogP contribution in [0.3, 0.4) is 0 Å². The first-order valence-electron chi connectivity index (χ1n) is 5.00. The van der Waals surface area contributed by atoms with Crippen LogP contribution in [0.1, 0.15) is 18.4 Å². The number of hydrogen-bond acceptors (Lipinski definition) is 5. The van der Waals surface area contributed by atoms with E-state index >= 15 is 0 Å². The van der Waals surface area contributed by atoms with Crippen molar-refractivity contribution in [2.45, 2.75) is 25.7 Å². The number of rotatable bonds is 5. The second kappa shape index (κ2) is 4.30. The van der Waals surface area contributed by atoms with Gasteiger partial charge in [-0.1, -0.05) is 5.16 Å². The molecular formula is C10H16N2O3. The Labute approximate surface area is 88.7 Å². The molecule has 5 heteroatoms. The zero-order valence-corrected chi connectivity index (χ0v) is 9.08. The van der Waals surface area contributed by atoms with Crippen molar-refractivity contribution in [2.75, 3.05) is 20.2 Å². The largest absolute Gasteiger partial charge is 0.377 e. The summed E-state index contributed by atoms with van der Waals surface area (Å²) >= 11 is 0. The van der Waals surface area contributed by atoms with Crippen LogP contribution in [-0.2, 0) is 22.7 Å². The van der Waals surface area contributed by atoms with Gasteiger partial charge in [-0.25, -0.2) is 0 Å². The van der Waals surface area contributed by atoms with Crippen molar-refractivity contribution in [1.29, 1.82) is 0 Å². The SMILES string of the molecule is COCc1cc(COC2(C)CNC2)no1. The van der Waals surface area contributed by atoms with Gasteiger partial charge in [0.15, 0.2) is 5.76 Å². The molecule has 0 atom stereocenters. The topological polar surface area (TPSA) is 56.5 Å². The van der Waals surface area contributed by atoms with E-state index in [0.29, 0.717) is 13.2 Å². The van der Waals surface area contributed by atoms with Gasteiger partial charge in [0, 0.05) is 26.3 Å². The molecule has 0 bridgehead atoms. The van der Waals surface area contributed by atoms with E-state index in [1.165, 1.54) is 0 Å². The summed E-state index contributed by atoms with van der Waals surface area (Å²) in [7, 11) is 1.62. The lowest BCUT2D eigenvalue weighted by Crippen LogP contribution is -2.58. The highest BCUT2D eigenvalue weighted by atomic mass is 16.5. The summed E-state index contributed by atoms with van der Waals surface area (Å²) in [6.45, 7) is 4.82. The predicted molar refractivity (Wildman–Crippen MR) is 53.3 cm³/mol. The standard InChI is InChI=1S/C10H16N2O3/c1-10(6-11-7-10)14-4-8-3-9(5-13-2)15-12-8/h3,11H,4-7H2,1-2H3. The minimum Gasteiger partial charge on any atom is -0.377 e. The monoisotopic (exact) mass is 212 g/mol. The van der Waals surface area contributed by atoms with E-state index in [0.717, 1.165) is 24.5 Å². The Morgan fingerprint density at radius 2 is 2.33 bits per heavy atom. The minimum absolute atomic E-state index is 0.0413. The predicted octanol–water partition coefficient (Wildman–Crippen LogP) is 0.700. The molecule has 1 saturated heterocycles. The van der Waals surface area contributed by atoms with Gasteiger partial charge in [-0.05, 0) is 6.92 Å². The fraction of sp³-hybridized carbons (Fsp3) is 0.700. The first kappa shape index (κ1) is 10.6. The Bertz CT molecular complexity index is 320. The smallest absolute Gasteiger partial charge is 0.162 e. The zero-order chi connectivity index (χ0) is 10.7. The van der Waals surface area contributed by atoms with E-state index in [1.54, 1.807) is 7.11 Å². The maximum Gasteiger partial charge on any atom is 0.162 e. The van der Waals surface area contributed by atoms with Crippen LogP contribution in [0, 0.1) is 0 Å². The van der Waals surface area contributed by atoms with Crippen molar-refractivity contribution in [3.63, 3.8) is 0 Å². The maximum atomic E-state index is 5.72. The first-order chi connectivity index (χ1) is 7.22. The Hall–Kier alpha value is -0.910. The Kier molecular flexibility index (Phi) is 3.04. The number of ether oxygens (including phenoxy) is 2. The summed E-state index contributed by atoms with van der Waals surface area (Å²) in [6, 6.07) is 1.86. The van der Waals surface area contributed by atoms with Crippen molar-refractivity contribution in [3.8, 4) is 0 Å². The lowest BCUT2D eigenvalue weighted by Gasteiger charge is -2.38. The molecule has 1 fully saturated rings. The van der Waals surface area contributed by atoms with Gasteiger partial charge in [0.25, 0.3) is 0 Å². The Morgan fingerprint density at radius 1 is 1.53 bits per heavy atom. The number of hydrogen-bond donors (Lipinski definition) is 1. The molecule has 5 nitrogen and oxygen atoms in total. The summed E-state index contributed by atoms with van der Waals surface area (Å²) < 4.78 is 15.7. The molecule has 0 radical (unpaired) electrons. The van der Waals surface area contributed by atoms with Crippen molar-refractivity contribution >= 4 is 0 Å². The molecule has 0 saturated carbocycles. The fourth-order valence-electron chi connectivity index (χ4n) is 1.46. The average Bonchev–Trinajstić information content (AvgIpc) is 2.60. The molecule has 0 amide bonds. The van der Waals surface area contributed by atoms with Gasteiger partial charge in [0.05, 0.1) is 12.2 Å². The van der Waals surface area contributed by atoms with Crippen LogP contribution in [0.5, 0.6) is 0 Å². The van der Waals surface area contributed by atoms with E-state index in [4.69, 9.17) is 14.0 Å². The van der Waals surface area contributed by atoms with Crippen molar-refractivity contribution in [2.24, 2.45) is 0 Å². The highest BCUT2D eigenvalue weighted by Crippen LogP contribution is 2.17. The molecule has 0 spiro atoms. The quantitative estimate of drug-likeness (QED) is 0.778. The number of aromatic nitrogens is 1. The van der Waals surface area contributed by atoms with Crippen molar-refractivity contribution < 1.29 is 14.0 Å². The number of methoxy groups -OCH3 is 1. The second-order valence-electron chi connectivity index (χ2n) is 4.06. The first-order valence-corrected chi connectivity index (χ1v) is 5.00. The van der Waals surface area contributed by atoms with Gasteiger partial charge in [0.2, 0.25) is 0 Å². The van der Waals surface area contributed by atoms with Crippen molar-refractivity contribution in [3.05, 3.63) is 17.5 Å². The van der Waals surface area contributed by atoms with E-state index in [1.807, 2.05) is 6.07 Å². The van der Waals surface area contributed by atoms with Crippen molar-refractivity contribution in [1.82, 2.24) is 10.5 Å².